The van der Waals surface area contributed by atoms with Crippen molar-refractivity contribution in [3.05, 3.63) is 60.2 Å². The number of benzene rings is 2. The third-order valence-corrected chi connectivity index (χ3v) is 3.40. The van der Waals surface area contributed by atoms with Crippen LogP contribution in [0.15, 0.2) is 59.6 Å². The molecular weight excluding hydrogens is 290 g/mol. The molecule has 0 heterocycles. The number of methoxy groups -OCH3 is 1. The van der Waals surface area contributed by atoms with Crippen molar-refractivity contribution in [2.45, 2.75) is 19.8 Å². The van der Waals surface area contributed by atoms with Crippen molar-refractivity contribution in [2.24, 2.45) is 4.99 Å². The summed E-state index contributed by atoms with van der Waals surface area (Å²) >= 11 is 0. The maximum absolute atomic E-state index is 12.0. The van der Waals surface area contributed by atoms with E-state index in [4.69, 9.17) is 9.47 Å². The van der Waals surface area contributed by atoms with Crippen LogP contribution < -0.4 is 4.74 Å². The van der Waals surface area contributed by atoms with Crippen LogP contribution in [0.2, 0.25) is 0 Å². The van der Waals surface area contributed by atoms with Crippen LogP contribution in [0, 0.1) is 0 Å². The summed E-state index contributed by atoms with van der Waals surface area (Å²) in [6.07, 6.45) is 1.46. The first-order chi connectivity index (χ1) is 11.2. The molecule has 2 aromatic rings. The highest BCUT2D eigenvalue weighted by molar-refractivity contribution is 5.90. The Hall–Kier alpha value is -2.62. The van der Waals surface area contributed by atoms with Crippen molar-refractivity contribution in [3.8, 4) is 5.75 Å². The van der Waals surface area contributed by atoms with E-state index in [-0.39, 0.29) is 5.97 Å². The summed E-state index contributed by atoms with van der Waals surface area (Å²) in [5, 5.41) is 0. The lowest BCUT2D eigenvalue weighted by atomic mass is 10.2. The van der Waals surface area contributed by atoms with Crippen molar-refractivity contribution in [3.63, 3.8) is 0 Å². The molecule has 0 aliphatic rings. The first-order valence-corrected chi connectivity index (χ1v) is 7.65. The minimum Gasteiger partial charge on any atom is -0.497 e. The topological polar surface area (TPSA) is 47.9 Å². The number of esters is 1. The van der Waals surface area contributed by atoms with Gasteiger partial charge >= 0.3 is 5.97 Å². The second-order valence-electron chi connectivity index (χ2n) is 4.98. The minimum atomic E-state index is -0.331. The summed E-state index contributed by atoms with van der Waals surface area (Å²) in [6, 6.07) is 16.7. The van der Waals surface area contributed by atoms with E-state index in [1.807, 2.05) is 37.3 Å². The van der Waals surface area contributed by atoms with Crippen LogP contribution in [0.5, 0.6) is 5.75 Å². The SMILES string of the molecule is CCC(CCOC(=O)c1ccc(OC)cc1)=Nc1ccccc1. The monoisotopic (exact) mass is 311 g/mol. The van der Waals surface area contributed by atoms with Crippen LogP contribution in [0.1, 0.15) is 30.1 Å². The van der Waals surface area contributed by atoms with Gasteiger partial charge in [-0.3, -0.25) is 4.99 Å². The van der Waals surface area contributed by atoms with Crippen molar-refractivity contribution in [2.75, 3.05) is 13.7 Å². The predicted octanol–water partition coefficient (Wildman–Crippen LogP) is 4.42. The van der Waals surface area contributed by atoms with Gasteiger partial charge in [0, 0.05) is 12.1 Å². The molecule has 120 valence electrons. The van der Waals surface area contributed by atoms with E-state index in [0.29, 0.717) is 24.3 Å². The molecule has 0 fully saturated rings. The molecule has 0 spiro atoms. The van der Waals surface area contributed by atoms with Gasteiger partial charge in [-0.25, -0.2) is 4.79 Å². The number of aliphatic imine (C=N–C) groups is 1. The largest absolute Gasteiger partial charge is 0.497 e. The Morgan fingerprint density at radius 2 is 1.74 bits per heavy atom. The van der Waals surface area contributed by atoms with Gasteiger partial charge in [0.1, 0.15) is 5.75 Å². The molecular formula is C19H21NO3. The van der Waals surface area contributed by atoms with Gasteiger partial charge in [-0.2, -0.15) is 0 Å². The molecule has 0 aromatic heterocycles. The van der Waals surface area contributed by atoms with E-state index < -0.39 is 0 Å². The smallest absolute Gasteiger partial charge is 0.338 e. The standard InChI is InChI=1S/C19H21NO3/c1-3-16(20-17-7-5-4-6-8-17)13-14-23-19(21)15-9-11-18(22-2)12-10-15/h4-12H,3,13-14H2,1-2H3. The van der Waals surface area contributed by atoms with Crippen LogP contribution in [0.4, 0.5) is 5.69 Å². The molecule has 0 atom stereocenters. The van der Waals surface area contributed by atoms with E-state index >= 15 is 0 Å². The Bertz CT molecular complexity index is 648. The van der Waals surface area contributed by atoms with Gasteiger partial charge in [0.15, 0.2) is 0 Å². The summed E-state index contributed by atoms with van der Waals surface area (Å²) in [4.78, 5) is 16.5. The summed E-state index contributed by atoms with van der Waals surface area (Å²) in [5.74, 6) is 0.382. The number of hydrogen-bond acceptors (Lipinski definition) is 4. The lowest BCUT2D eigenvalue weighted by Crippen LogP contribution is -2.09. The fourth-order valence-corrected chi connectivity index (χ4v) is 2.07. The number of nitrogens with zero attached hydrogens (tertiary/aromatic N) is 1. The van der Waals surface area contributed by atoms with Gasteiger partial charge in [-0.15, -0.1) is 0 Å². The summed E-state index contributed by atoms with van der Waals surface area (Å²) in [6.45, 7) is 2.37. The number of ether oxygens (including phenoxy) is 2. The minimum absolute atomic E-state index is 0.324. The normalized spacial score (nSPS) is 11.1. The van der Waals surface area contributed by atoms with Crippen LogP contribution in [0.3, 0.4) is 0 Å². The van der Waals surface area contributed by atoms with Gasteiger partial charge in [0.05, 0.1) is 25.0 Å². The highest BCUT2D eigenvalue weighted by Gasteiger charge is 2.07. The number of carbonyl (C=O) groups is 1. The molecule has 0 aliphatic carbocycles. The van der Waals surface area contributed by atoms with E-state index in [1.165, 1.54) is 0 Å². The summed E-state index contributed by atoms with van der Waals surface area (Å²) in [5.41, 5.74) is 2.45. The van der Waals surface area contributed by atoms with Gasteiger partial charge in [0.2, 0.25) is 0 Å². The molecule has 0 N–H and O–H groups in total. The van der Waals surface area contributed by atoms with E-state index in [2.05, 4.69) is 4.99 Å². The van der Waals surface area contributed by atoms with Crippen LogP contribution in [-0.4, -0.2) is 25.4 Å². The number of para-hydroxylation sites is 1. The van der Waals surface area contributed by atoms with Crippen LogP contribution in [0.25, 0.3) is 0 Å². The van der Waals surface area contributed by atoms with Crippen molar-refractivity contribution in [1.82, 2.24) is 0 Å². The molecule has 4 heteroatoms. The maximum Gasteiger partial charge on any atom is 0.338 e. The quantitative estimate of drug-likeness (QED) is 0.561. The Morgan fingerprint density at radius 3 is 2.35 bits per heavy atom. The van der Waals surface area contributed by atoms with Crippen molar-refractivity contribution < 1.29 is 14.3 Å². The average Bonchev–Trinajstić information content (AvgIpc) is 2.61. The zero-order valence-corrected chi connectivity index (χ0v) is 13.5. The van der Waals surface area contributed by atoms with E-state index in [1.54, 1.807) is 31.4 Å². The Balaban J connectivity index is 1.87. The Labute approximate surface area is 136 Å². The molecule has 0 radical (unpaired) electrons. The van der Waals surface area contributed by atoms with E-state index in [9.17, 15) is 4.79 Å². The van der Waals surface area contributed by atoms with Crippen molar-refractivity contribution >= 4 is 17.4 Å². The Morgan fingerprint density at radius 1 is 1.04 bits per heavy atom. The molecule has 0 bridgehead atoms. The zero-order chi connectivity index (χ0) is 16.5. The first kappa shape index (κ1) is 16.7. The molecule has 0 saturated heterocycles. The van der Waals surface area contributed by atoms with Crippen LogP contribution in [-0.2, 0) is 4.74 Å². The van der Waals surface area contributed by atoms with Gasteiger partial charge in [-0.05, 0) is 42.8 Å². The molecule has 0 aliphatic heterocycles. The highest BCUT2D eigenvalue weighted by atomic mass is 16.5. The third kappa shape index (κ3) is 5.25. The number of hydrogen-bond donors (Lipinski definition) is 0. The molecule has 0 unspecified atom stereocenters. The molecule has 0 amide bonds. The summed E-state index contributed by atoms with van der Waals surface area (Å²) < 4.78 is 10.4. The molecule has 0 saturated carbocycles. The van der Waals surface area contributed by atoms with Gasteiger partial charge in [-0.1, -0.05) is 25.1 Å². The van der Waals surface area contributed by atoms with Crippen LogP contribution >= 0.6 is 0 Å². The van der Waals surface area contributed by atoms with Crippen molar-refractivity contribution in [1.29, 1.82) is 0 Å². The number of rotatable bonds is 7. The second kappa shape index (κ2) is 8.73. The second-order valence-corrected chi connectivity index (χ2v) is 4.98. The zero-order valence-electron chi connectivity index (χ0n) is 13.5. The first-order valence-electron chi connectivity index (χ1n) is 7.65. The Kier molecular flexibility index (Phi) is 6.36. The average molecular weight is 311 g/mol. The lowest BCUT2D eigenvalue weighted by Gasteiger charge is -2.07. The molecule has 4 nitrogen and oxygen atoms in total. The molecule has 23 heavy (non-hydrogen) atoms. The molecule has 2 aromatic carbocycles. The fourth-order valence-electron chi connectivity index (χ4n) is 2.07. The maximum atomic E-state index is 12.0. The highest BCUT2D eigenvalue weighted by Crippen LogP contribution is 2.14. The van der Waals surface area contributed by atoms with Gasteiger partial charge < -0.3 is 9.47 Å². The van der Waals surface area contributed by atoms with E-state index in [0.717, 1.165) is 17.8 Å². The number of carbonyl (C=O) groups excluding carboxylic acids is 1. The summed E-state index contributed by atoms with van der Waals surface area (Å²) in [7, 11) is 1.59. The fraction of sp³-hybridized carbons (Fsp3) is 0.263. The van der Waals surface area contributed by atoms with Gasteiger partial charge in [0.25, 0.3) is 0 Å². The molecule has 2 rings (SSSR count). The third-order valence-electron chi connectivity index (χ3n) is 3.40. The lowest BCUT2D eigenvalue weighted by molar-refractivity contribution is 0.0515. The predicted molar refractivity (Wildman–Crippen MR) is 91.7 cm³/mol.